The summed E-state index contributed by atoms with van der Waals surface area (Å²) in [6.07, 6.45) is 0.581. The van der Waals surface area contributed by atoms with Crippen LogP contribution in [0.3, 0.4) is 0 Å². The molecule has 21 heavy (non-hydrogen) atoms. The maximum absolute atomic E-state index is 11.9. The molecule has 2 atom stereocenters. The van der Waals surface area contributed by atoms with Gasteiger partial charge in [0.2, 0.25) is 0 Å². The third kappa shape index (κ3) is 3.12. The van der Waals surface area contributed by atoms with E-state index in [0.717, 1.165) is 17.0 Å². The van der Waals surface area contributed by atoms with Crippen LogP contribution in [0.5, 0.6) is 0 Å². The highest BCUT2D eigenvalue weighted by molar-refractivity contribution is 7.91. The Bertz CT molecular complexity index is 648. The lowest BCUT2D eigenvalue weighted by Gasteiger charge is -2.14. The first-order chi connectivity index (χ1) is 9.76. The van der Waals surface area contributed by atoms with Crippen molar-refractivity contribution in [3.8, 4) is 0 Å². The van der Waals surface area contributed by atoms with Gasteiger partial charge in [-0.2, -0.15) is 5.10 Å². The van der Waals surface area contributed by atoms with Crippen molar-refractivity contribution >= 4 is 15.8 Å². The summed E-state index contributed by atoms with van der Waals surface area (Å²) in [7, 11) is -2.96. The number of carbonyl (C=O) groups is 1. The van der Waals surface area contributed by atoms with Gasteiger partial charge in [0, 0.05) is 11.3 Å². The first-order valence-electron chi connectivity index (χ1n) is 7.19. The van der Waals surface area contributed by atoms with Gasteiger partial charge in [0.05, 0.1) is 35.8 Å². The monoisotopic (exact) mass is 314 g/mol. The molecule has 6 nitrogen and oxygen atoms in total. The van der Waals surface area contributed by atoms with E-state index < -0.39 is 15.8 Å². The molecule has 2 rings (SSSR count). The fourth-order valence-corrected chi connectivity index (χ4v) is 4.70. The van der Waals surface area contributed by atoms with Crippen molar-refractivity contribution < 1.29 is 17.9 Å². The van der Waals surface area contributed by atoms with Crippen molar-refractivity contribution in [1.82, 2.24) is 9.78 Å². The van der Waals surface area contributed by atoms with Crippen LogP contribution < -0.4 is 0 Å². The third-order valence-electron chi connectivity index (χ3n) is 4.01. The van der Waals surface area contributed by atoms with Crippen LogP contribution in [-0.4, -0.2) is 42.3 Å². The van der Waals surface area contributed by atoms with E-state index in [1.165, 1.54) is 0 Å². The highest BCUT2D eigenvalue weighted by atomic mass is 32.2. The molecule has 1 saturated heterocycles. The fourth-order valence-electron chi connectivity index (χ4n) is 3.01. The second-order valence-electron chi connectivity index (χ2n) is 5.56. The van der Waals surface area contributed by atoms with Crippen LogP contribution in [0.1, 0.15) is 49.2 Å². The summed E-state index contributed by atoms with van der Waals surface area (Å²) in [5.41, 5.74) is 2.46. The van der Waals surface area contributed by atoms with Gasteiger partial charge in [0.1, 0.15) is 0 Å². The largest absolute Gasteiger partial charge is 0.466 e. The topological polar surface area (TPSA) is 78.3 Å². The Hall–Kier alpha value is -1.37. The molecule has 1 aliphatic heterocycles. The molecule has 2 unspecified atom stereocenters. The number of aryl methyl sites for hydroxylation is 1. The van der Waals surface area contributed by atoms with Crippen LogP contribution >= 0.6 is 0 Å². The standard InChI is InChI=1S/C14H22N2O4S/c1-5-20-14(17)9(2)13-10(3)15-16(11(13)4)12-6-7-21(18,19)8-12/h9,12H,5-8H2,1-4H3. The maximum Gasteiger partial charge on any atom is 0.313 e. The summed E-state index contributed by atoms with van der Waals surface area (Å²) in [6.45, 7) is 7.65. The number of sulfone groups is 1. The number of hydrogen-bond acceptors (Lipinski definition) is 5. The van der Waals surface area contributed by atoms with Crippen molar-refractivity contribution in [1.29, 1.82) is 0 Å². The zero-order valence-corrected chi connectivity index (χ0v) is 13.7. The van der Waals surface area contributed by atoms with Crippen molar-refractivity contribution in [3.05, 3.63) is 17.0 Å². The first-order valence-corrected chi connectivity index (χ1v) is 9.01. The summed E-state index contributed by atoms with van der Waals surface area (Å²) < 4.78 is 30.1. The smallest absolute Gasteiger partial charge is 0.313 e. The molecule has 0 saturated carbocycles. The number of carbonyl (C=O) groups excluding carboxylic acids is 1. The van der Waals surface area contributed by atoms with E-state index in [1.807, 2.05) is 13.8 Å². The molecular formula is C14H22N2O4S. The summed E-state index contributed by atoms with van der Waals surface area (Å²) in [5, 5.41) is 4.47. The highest BCUT2D eigenvalue weighted by Gasteiger charge is 2.33. The van der Waals surface area contributed by atoms with Gasteiger partial charge in [-0.05, 0) is 34.1 Å². The van der Waals surface area contributed by atoms with Crippen molar-refractivity contribution in [2.45, 2.75) is 46.1 Å². The highest BCUT2D eigenvalue weighted by Crippen LogP contribution is 2.30. The molecule has 118 valence electrons. The average Bonchev–Trinajstić information content (AvgIpc) is 2.89. The summed E-state index contributed by atoms with van der Waals surface area (Å²) >= 11 is 0. The van der Waals surface area contributed by atoms with E-state index in [2.05, 4.69) is 5.10 Å². The summed E-state index contributed by atoms with van der Waals surface area (Å²) in [6, 6.07) is -0.128. The molecular weight excluding hydrogens is 292 g/mol. The van der Waals surface area contributed by atoms with E-state index >= 15 is 0 Å². The van der Waals surface area contributed by atoms with Crippen LogP contribution in [0, 0.1) is 13.8 Å². The zero-order chi connectivity index (χ0) is 15.8. The Morgan fingerprint density at radius 1 is 1.48 bits per heavy atom. The van der Waals surface area contributed by atoms with Gasteiger partial charge >= 0.3 is 5.97 Å². The Labute approximate surface area is 125 Å². The number of ether oxygens (including phenoxy) is 1. The predicted molar refractivity (Wildman–Crippen MR) is 79.1 cm³/mol. The Morgan fingerprint density at radius 2 is 2.14 bits per heavy atom. The second kappa shape index (κ2) is 5.79. The molecule has 0 amide bonds. The van der Waals surface area contributed by atoms with Crippen LogP contribution in [0.2, 0.25) is 0 Å². The van der Waals surface area contributed by atoms with Gasteiger partial charge < -0.3 is 4.74 Å². The molecule has 0 bridgehead atoms. The third-order valence-corrected chi connectivity index (χ3v) is 5.76. The molecule has 0 N–H and O–H groups in total. The molecule has 2 heterocycles. The van der Waals surface area contributed by atoms with Crippen LogP contribution in [0.15, 0.2) is 0 Å². The average molecular weight is 314 g/mol. The maximum atomic E-state index is 11.9. The van der Waals surface area contributed by atoms with Gasteiger partial charge in [-0.3, -0.25) is 9.48 Å². The minimum atomic E-state index is -2.96. The van der Waals surface area contributed by atoms with Crippen molar-refractivity contribution in [2.24, 2.45) is 0 Å². The lowest BCUT2D eigenvalue weighted by Crippen LogP contribution is -2.16. The van der Waals surface area contributed by atoms with E-state index in [1.54, 1.807) is 18.5 Å². The van der Waals surface area contributed by atoms with Crippen molar-refractivity contribution in [3.63, 3.8) is 0 Å². The Balaban J connectivity index is 2.32. The number of rotatable bonds is 4. The van der Waals surface area contributed by atoms with E-state index in [9.17, 15) is 13.2 Å². The number of hydrogen-bond donors (Lipinski definition) is 0. The molecule has 0 spiro atoms. The number of aromatic nitrogens is 2. The number of nitrogens with zero attached hydrogens (tertiary/aromatic N) is 2. The summed E-state index contributed by atoms with van der Waals surface area (Å²) in [5.74, 6) is -0.333. The molecule has 0 radical (unpaired) electrons. The van der Waals surface area contributed by atoms with E-state index in [4.69, 9.17) is 4.74 Å². The molecule has 7 heteroatoms. The molecule has 1 aromatic rings. The lowest BCUT2D eigenvalue weighted by molar-refractivity contribution is -0.144. The Morgan fingerprint density at radius 3 is 2.67 bits per heavy atom. The molecule has 1 aliphatic rings. The SMILES string of the molecule is CCOC(=O)C(C)c1c(C)nn(C2CCS(=O)(=O)C2)c1C. The Kier molecular flexibility index (Phi) is 4.41. The first kappa shape index (κ1) is 16.0. The van der Waals surface area contributed by atoms with Gasteiger partial charge in [0.25, 0.3) is 0 Å². The zero-order valence-electron chi connectivity index (χ0n) is 12.9. The number of esters is 1. The van der Waals surface area contributed by atoms with Gasteiger partial charge in [0.15, 0.2) is 9.84 Å². The molecule has 0 aliphatic carbocycles. The fraction of sp³-hybridized carbons (Fsp3) is 0.714. The van der Waals surface area contributed by atoms with Crippen LogP contribution in [-0.2, 0) is 19.4 Å². The molecule has 1 fully saturated rings. The van der Waals surface area contributed by atoms with E-state index in [-0.39, 0.29) is 23.5 Å². The second-order valence-corrected chi connectivity index (χ2v) is 7.79. The van der Waals surface area contributed by atoms with Gasteiger partial charge in [-0.25, -0.2) is 8.42 Å². The normalized spacial score (nSPS) is 22.2. The minimum absolute atomic E-state index is 0.127. The minimum Gasteiger partial charge on any atom is -0.466 e. The summed E-state index contributed by atoms with van der Waals surface area (Å²) in [4.78, 5) is 11.9. The van der Waals surface area contributed by atoms with E-state index in [0.29, 0.717) is 13.0 Å². The van der Waals surface area contributed by atoms with Crippen LogP contribution in [0.4, 0.5) is 0 Å². The van der Waals surface area contributed by atoms with Gasteiger partial charge in [-0.15, -0.1) is 0 Å². The molecule has 0 aromatic carbocycles. The molecule has 1 aromatic heterocycles. The van der Waals surface area contributed by atoms with Crippen LogP contribution in [0.25, 0.3) is 0 Å². The van der Waals surface area contributed by atoms with Crippen molar-refractivity contribution in [2.75, 3.05) is 18.1 Å². The predicted octanol–water partition coefficient (Wildman–Crippen LogP) is 1.53. The quantitative estimate of drug-likeness (QED) is 0.788. The van der Waals surface area contributed by atoms with Gasteiger partial charge in [-0.1, -0.05) is 0 Å². The lowest BCUT2D eigenvalue weighted by atomic mass is 9.99.